The van der Waals surface area contributed by atoms with Crippen molar-refractivity contribution in [1.29, 1.82) is 0 Å². The highest BCUT2D eigenvalue weighted by atomic mass is 32.1. The Morgan fingerprint density at radius 2 is 2.24 bits per heavy atom. The SMILES string of the molecule is O=C(NC[C@H](O)c1ccoc1)C1(c2cccs2)CCCC1. The van der Waals surface area contributed by atoms with E-state index in [9.17, 15) is 9.90 Å². The van der Waals surface area contributed by atoms with E-state index >= 15 is 0 Å². The molecule has 0 aromatic carbocycles. The zero-order valence-electron chi connectivity index (χ0n) is 11.7. The molecule has 0 spiro atoms. The zero-order valence-corrected chi connectivity index (χ0v) is 12.6. The molecule has 1 saturated carbocycles. The van der Waals surface area contributed by atoms with Gasteiger partial charge in [0.05, 0.1) is 24.0 Å². The Morgan fingerprint density at radius 3 is 2.86 bits per heavy atom. The zero-order chi connectivity index (χ0) is 14.7. The van der Waals surface area contributed by atoms with Crippen molar-refractivity contribution >= 4 is 17.2 Å². The van der Waals surface area contributed by atoms with E-state index in [2.05, 4.69) is 5.32 Å². The molecule has 2 aromatic rings. The van der Waals surface area contributed by atoms with Crippen molar-refractivity contribution in [3.8, 4) is 0 Å². The minimum atomic E-state index is -0.727. The quantitative estimate of drug-likeness (QED) is 0.892. The molecule has 0 unspecified atom stereocenters. The minimum absolute atomic E-state index is 0.0324. The van der Waals surface area contributed by atoms with Gasteiger partial charge in [0.2, 0.25) is 5.91 Å². The molecule has 0 bridgehead atoms. The van der Waals surface area contributed by atoms with Gasteiger partial charge in [-0.1, -0.05) is 18.9 Å². The molecule has 5 heteroatoms. The molecular formula is C16H19NO3S. The molecule has 1 fully saturated rings. The third-order valence-corrected chi connectivity index (χ3v) is 5.34. The summed E-state index contributed by atoms with van der Waals surface area (Å²) in [6.07, 6.45) is 6.23. The summed E-state index contributed by atoms with van der Waals surface area (Å²) in [4.78, 5) is 13.8. The highest BCUT2D eigenvalue weighted by Crippen LogP contribution is 2.43. The van der Waals surface area contributed by atoms with Gasteiger partial charge in [-0.2, -0.15) is 0 Å². The van der Waals surface area contributed by atoms with Crippen molar-refractivity contribution in [1.82, 2.24) is 5.32 Å². The second-order valence-electron chi connectivity index (χ2n) is 5.55. The number of hydrogen-bond donors (Lipinski definition) is 2. The van der Waals surface area contributed by atoms with Crippen molar-refractivity contribution in [2.75, 3.05) is 6.54 Å². The number of rotatable bonds is 5. The number of thiophene rings is 1. The van der Waals surface area contributed by atoms with Gasteiger partial charge in [-0.05, 0) is 30.4 Å². The van der Waals surface area contributed by atoms with E-state index < -0.39 is 11.5 Å². The van der Waals surface area contributed by atoms with E-state index in [0.29, 0.717) is 5.56 Å². The lowest BCUT2D eigenvalue weighted by molar-refractivity contribution is -0.127. The van der Waals surface area contributed by atoms with Crippen molar-refractivity contribution in [3.05, 3.63) is 46.5 Å². The summed E-state index contributed by atoms with van der Waals surface area (Å²) >= 11 is 1.64. The fourth-order valence-corrected chi connectivity index (χ4v) is 4.04. The Kier molecular flexibility index (Phi) is 4.12. The molecule has 3 rings (SSSR count). The Balaban J connectivity index is 1.68. The summed E-state index contributed by atoms with van der Waals surface area (Å²) in [6, 6.07) is 5.75. The Labute approximate surface area is 127 Å². The van der Waals surface area contributed by atoms with E-state index in [0.717, 1.165) is 30.6 Å². The molecule has 1 amide bonds. The average molecular weight is 305 g/mol. The average Bonchev–Trinajstić information content (AvgIpc) is 3.26. The van der Waals surface area contributed by atoms with Crippen LogP contribution in [0.25, 0.3) is 0 Å². The van der Waals surface area contributed by atoms with Gasteiger partial charge < -0.3 is 14.8 Å². The van der Waals surface area contributed by atoms with Gasteiger partial charge >= 0.3 is 0 Å². The van der Waals surface area contributed by atoms with Crippen LogP contribution >= 0.6 is 11.3 Å². The summed E-state index contributed by atoms with van der Waals surface area (Å²) in [7, 11) is 0. The van der Waals surface area contributed by atoms with Crippen molar-refractivity contribution < 1.29 is 14.3 Å². The van der Waals surface area contributed by atoms with E-state index in [-0.39, 0.29) is 12.5 Å². The van der Waals surface area contributed by atoms with Gasteiger partial charge in [0.25, 0.3) is 0 Å². The van der Waals surface area contributed by atoms with Gasteiger partial charge in [-0.3, -0.25) is 4.79 Å². The number of amides is 1. The summed E-state index contributed by atoms with van der Waals surface area (Å²) in [6.45, 7) is 0.214. The third-order valence-electron chi connectivity index (χ3n) is 4.27. The smallest absolute Gasteiger partial charge is 0.231 e. The Hall–Kier alpha value is -1.59. The summed E-state index contributed by atoms with van der Waals surface area (Å²) in [5.41, 5.74) is 0.288. The molecule has 2 heterocycles. The summed E-state index contributed by atoms with van der Waals surface area (Å²) in [5.74, 6) is 0.0324. The molecular weight excluding hydrogens is 286 g/mol. The molecule has 0 aliphatic heterocycles. The first-order chi connectivity index (χ1) is 10.2. The van der Waals surface area contributed by atoms with Crippen LogP contribution < -0.4 is 5.32 Å². The van der Waals surface area contributed by atoms with Crippen LogP contribution in [0.3, 0.4) is 0 Å². The fourth-order valence-electron chi connectivity index (χ4n) is 3.06. The van der Waals surface area contributed by atoms with Gasteiger partial charge in [0.1, 0.15) is 0 Å². The van der Waals surface area contributed by atoms with Crippen molar-refractivity contribution in [2.24, 2.45) is 0 Å². The van der Waals surface area contributed by atoms with Gasteiger partial charge in [-0.15, -0.1) is 11.3 Å². The van der Waals surface area contributed by atoms with Crippen LogP contribution in [-0.4, -0.2) is 17.6 Å². The topological polar surface area (TPSA) is 62.5 Å². The number of carbonyl (C=O) groups excluding carboxylic acids is 1. The lowest BCUT2D eigenvalue weighted by Crippen LogP contribution is -2.43. The van der Waals surface area contributed by atoms with Crippen LogP contribution in [0, 0.1) is 0 Å². The fraction of sp³-hybridized carbons (Fsp3) is 0.438. The lowest BCUT2D eigenvalue weighted by Gasteiger charge is -2.27. The van der Waals surface area contributed by atoms with Gasteiger partial charge in [0, 0.05) is 17.0 Å². The summed E-state index contributed by atoms with van der Waals surface area (Å²) in [5, 5.41) is 15.0. The van der Waals surface area contributed by atoms with E-state index in [1.165, 1.54) is 12.5 Å². The first-order valence-corrected chi connectivity index (χ1v) is 8.13. The molecule has 2 N–H and O–H groups in total. The van der Waals surface area contributed by atoms with Crippen molar-refractivity contribution in [2.45, 2.75) is 37.2 Å². The van der Waals surface area contributed by atoms with Gasteiger partial charge in [-0.25, -0.2) is 0 Å². The van der Waals surface area contributed by atoms with Gasteiger partial charge in [0.15, 0.2) is 0 Å². The van der Waals surface area contributed by atoms with E-state index in [1.807, 2.05) is 17.5 Å². The largest absolute Gasteiger partial charge is 0.472 e. The second kappa shape index (κ2) is 6.03. The molecule has 0 saturated heterocycles. The molecule has 112 valence electrons. The van der Waals surface area contributed by atoms with Crippen LogP contribution in [0.15, 0.2) is 40.5 Å². The van der Waals surface area contributed by atoms with Crippen LogP contribution in [0.2, 0.25) is 0 Å². The number of carbonyl (C=O) groups is 1. The number of furan rings is 1. The van der Waals surface area contributed by atoms with Crippen LogP contribution in [-0.2, 0) is 10.2 Å². The first-order valence-electron chi connectivity index (χ1n) is 7.25. The highest BCUT2D eigenvalue weighted by molar-refractivity contribution is 7.10. The lowest BCUT2D eigenvalue weighted by atomic mass is 9.83. The number of aliphatic hydroxyl groups excluding tert-OH is 1. The van der Waals surface area contributed by atoms with Crippen LogP contribution in [0.1, 0.15) is 42.2 Å². The maximum absolute atomic E-state index is 12.7. The second-order valence-corrected chi connectivity index (χ2v) is 6.50. The van der Waals surface area contributed by atoms with E-state index in [4.69, 9.17) is 4.42 Å². The van der Waals surface area contributed by atoms with E-state index in [1.54, 1.807) is 17.4 Å². The number of aliphatic hydroxyl groups is 1. The Morgan fingerprint density at radius 1 is 1.43 bits per heavy atom. The molecule has 21 heavy (non-hydrogen) atoms. The number of nitrogens with one attached hydrogen (secondary N) is 1. The Bertz CT molecular complexity index is 571. The standard InChI is InChI=1S/C16H19NO3S/c18-13(12-5-8-20-11-12)10-17-15(19)16(6-1-2-7-16)14-4-3-9-21-14/h3-5,8-9,11,13,18H,1-2,6-7,10H2,(H,17,19)/t13-/m0/s1. The molecule has 1 aliphatic carbocycles. The maximum atomic E-state index is 12.7. The predicted octanol–water partition coefficient (Wildman–Crippen LogP) is 3.00. The predicted molar refractivity (Wildman–Crippen MR) is 81.1 cm³/mol. The summed E-state index contributed by atoms with van der Waals surface area (Å²) < 4.78 is 4.95. The molecule has 2 aromatic heterocycles. The maximum Gasteiger partial charge on any atom is 0.231 e. The molecule has 1 aliphatic rings. The normalized spacial score (nSPS) is 18.5. The first kappa shape index (κ1) is 14.4. The molecule has 0 radical (unpaired) electrons. The molecule has 4 nitrogen and oxygen atoms in total. The highest BCUT2D eigenvalue weighted by Gasteiger charge is 2.43. The van der Waals surface area contributed by atoms with Crippen LogP contribution in [0.4, 0.5) is 0 Å². The third kappa shape index (κ3) is 2.76. The monoisotopic (exact) mass is 305 g/mol. The minimum Gasteiger partial charge on any atom is -0.472 e. The van der Waals surface area contributed by atoms with Crippen LogP contribution in [0.5, 0.6) is 0 Å². The number of hydrogen-bond acceptors (Lipinski definition) is 4. The van der Waals surface area contributed by atoms with Crippen molar-refractivity contribution in [3.63, 3.8) is 0 Å². The molecule has 1 atom stereocenters.